The van der Waals surface area contributed by atoms with E-state index in [4.69, 9.17) is 0 Å². The largest absolute Gasteiger partial charge is 0.355 e. The number of thioether (sulfide) groups is 1. The molecule has 140 valence electrons. The van der Waals surface area contributed by atoms with E-state index in [0.717, 1.165) is 35.5 Å². The van der Waals surface area contributed by atoms with Gasteiger partial charge in [-0.05, 0) is 30.9 Å². The number of hydrogen-bond acceptors (Lipinski definition) is 4. The van der Waals surface area contributed by atoms with Crippen LogP contribution >= 0.6 is 11.8 Å². The number of rotatable bonds is 2. The van der Waals surface area contributed by atoms with Crippen molar-refractivity contribution in [3.05, 3.63) is 54.6 Å². The molecule has 5 nitrogen and oxygen atoms in total. The molecule has 2 amide bonds. The van der Waals surface area contributed by atoms with E-state index in [9.17, 15) is 9.59 Å². The van der Waals surface area contributed by atoms with Crippen LogP contribution in [0.25, 0.3) is 11.1 Å². The standard InChI is InChI=1S/C14H13NO.C5H9NOS.CH5N/c1-11(16)15-14-10-6-5-9-13(14)12-7-3-2-4-8-12;7-5-4-8-3-1-2-6-5;1-2/h2-10H,1H3,(H,15,16);1-4H2,(H,6,7);2H2,1H3. The normalized spacial score (nSPS) is 13.0. The first-order chi connectivity index (χ1) is 12.7. The maximum atomic E-state index is 11.1. The highest BCUT2D eigenvalue weighted by molar-refractivity contribution is 7.99. The van der Waals surface area contributed by atoms with E-state index in [1.807, 2.05) is 54.6 Å². The number of benzene rings is 2. The summed E-state index contributed by atoms with van der Waals surface area (Å²) in [7, 11) is 1.50. The Hall–Kier alpha value is -2.31. The molecule has 26 heavy (non-hydrogen) atoms. The van der Waals surface area contributed by atoms with Crippen molar-refractivity contribution in [2.24, 2.45) is 5.73 Å². The van der Waals surface area contributed by atoms with Crippen molar-refractivity contribution in [2.45, 2.75) is 13.3 Å². The minimum absolute atomic E-state index is 0.0524. The molecule has 1 aliphatic heterocycles. The second kappa shape index (κ2) is 13.0. The number of para-hydroxylation sites is 1. The Balaban J connectivity index is 0.000000284. The van der Waals surface area contributed by atoms with E-state index in [1.54, 1.807) is 11.8 Å². The number of carbonyl (C=O) groups is 2. The van der Waals surface area contributed by atoms with Crippen molar-refractivity contribution in [3.8, 4) is 11.1 Å². The first-order valence-corrected chi connectivity index (χ1v) is 9.66. The van der Waals surface area contributed by atoms with Crippen LogP contribution in [0, 0.1) is 0 Å². The number of nitrogens with one attached hydrogen (secondary N) is 2. The van der Waals surface area contributed by atoms with Crippen LogP contribution in [0.2, 0.25) is 0 Å². The summed E-state index contributed by atoms with van der Waals surface area (Å²) in [6.07, 6.45) is 1.12. The van der Waals surface area contributed by atoms with Gasteiger partial charge < -0.3 is 16.4 Å². The summed E-state index contributed by atoms with van der Waals surface area (Å²) in [5, 5.41) is 5.62. The number of amides is 2. The average molecular weight is 374 g/mol. The Morgan fingerprint density at radius 3 is 2.42 bits per heavy atom. The Morgan fingerprint density at radius 2 is 1.73 bits per heavy atom. The summed E-state index contributed by atoms with van der Waals surface area (Å²) < 4.78 is 0. The predicted molar refractivity (Wildman–Crippen MR) is 111 cm³/mol. The van der Waals surface area contributed by atoms with Gasteiger partial charge in [0.05, 0.1) is 5.75 Å². The van der Waals surface area contributed by atoms with Gasteiger partial charge in [-0.15, -0.1) is 0 Å². The van der Waals surface area contributed by atoms with Crippen molar-refractivity contribution in [3.63, 3.8) is 0 Å². The van der Waals surface area contributed by atoms with E-state index < -0.39 is 0 Å². The molecule has 1 aliphatic rings. The molecule has 0 atom stereocenters. The second-order valence-electron chi connectivity index (χ2n) is 5.35. The quantitative estimate of drug-likeness (QED) is 0.755. The van der Waals surface area contributed by atoms with Crippen LogP contribution in [-0.4, -0.2) is 36.9 Å². The molecule has 6 heteroatoms. The first-order valence-electron chi connectivity index (χ1n) is 8.51. The van der Waals surface area contributed by atoms with Crippen LogP contribution in [0.15, 0.2) is 54.6 Å². The molecule has 4 N–H and O–H groups in total. The lowest BCUT2D eigenvalue weighted by molar-refractivity contribution is -0.118. The van der Waals surface area contributed by atoms with Gasteiger partial charge in [0, 0.05) is 24.7 Å². The Morgan fingerprint density at radius 1 is 1.08 bits per heavy atom. The maximum absolute atomic E-state index is 11.1. The first kappa shape index (κ1) is 21.7. The average Bonchev–Trinajstić information content (AvgIpc) is 2.92. The van der Waals surface area contributed by atoms with Gasteiger partial charge in [-0.25, -0.2) is 0 Å². The van der Waals surface area contributed by atoms with Crippen molar-refractivity contribution >= 4 is 29.3 Å². The fraction of sp³-hybridized carbons (Fsp3) is 0.300. The molecule has 0 aromatic heterocycles. The van der Waals surface area contributed by atoms with Gasteiger partial charge >= 0.3 is 0 Å². The topological polar surface area (TPSA) is 84.2 Å². The molecular formula is C20H27N3O2S. The molecule has 1 saturated heterocycles. The van der Waals surface area contributed by atoms with Gasteiger partial charge in [0.15, 0.2) is 0 Å². The van der Waals surface area contributed by atoms with Crippen molar-refractivity contribution in [1.29, 1.82) is 0 Å². The lowest BCUT2D eigenvalue weighted by Gasteiger charge is -2.09. The van der Waals surface area contributed by atoms with Crippen LogP contribution in [-0.2, 0) is 9.59 Å². The third-order valence-corrected chi connectivity index (χ3v) is 4.39. The van der Waals surface area contributed by atoms with Crippen molar-refractivity contribution in [1.82, 2.24) is 5.32 Å². The molecule has 0 radical (unpaired) electrons. The van der Waals surface area contributed by atoms with E-state index >= 15 is 0 Å². The molecule has 1 fully saturated rings. The Labute approximate surface area is 159 Å². The SMILES string of the molecule is CC(=O)Nc1ccccc1-c1ccccc1.CN.O=C1CSCCCN1. The Kier molecular flexibility index (Phi) is 10.8. The van der Waals surface area contributed by atoms with Gasteiger partial charge in [-0.3, -0.25) is 9.59 Å². The van der Waals surface area contributed by atoms with Gasteiger partial charge in [0.25, 0.3) is 0 Å². The molecule has 0 saturated carbocycles. The lowest BCUT2D eigenvalue weighted by Crippen LogP contribution is -2.23. The highest BCUT2D eigenvalue weighted by atomic mass is 32.2. The van der Waals surface area contributed by atoms with Crippen LogP contribution < -0.4 is 16.4 Å². The molecule has 3 rings (SSSR count). The molecule has 0 aliphatic carbocycles. The number of carbonyl (C=O) groups excluding carboxylic acids is 2. The molecular weight excluding hydrogens is 346 g/mol. The summed E-state index contributed by atoms with van der Waals surface area (Å²) in [6.45, 7) is 2.38. The van der Waals surface area contributed by atoms with Gasteiger partial charge in [0.1, 0.15) is 0 Å². The zero-order valence-electron chi connectivity index (χ0n) is 15.3. The minimum Gasteiger partial charge on any atom is -0.355 e. The second-order valence-corrected chi connectivity index (χ2v) is 6.45. The van der Waals surface area contributed by atoms with E-state index in [2.05, 4.69) is 16.4 Å². The number of hydrogen-bond donors (Lipinski definition) is 3. The Bertz CT molecular complexity index is 668. The zero-order valence-corrected chi connectivity index (χ0v) is 16.1. The highest BCUT2D eigenvalue weighted by Crippen LogP contribution is 2.27. The summed E-state index contributed by atoms with van der Waals surface area (Å²) in [4.78, 5) is 21.6. The summed E-state index contributed by atoms with van der Waals surface area (Å²) in [5.74, 6) is 1.91. The number of anilines is 1. The monoisotopic (exact) mass is 373 g/mol. The lowest BCUT2D eigenvalue weighted by atomic mass is 10.0. The fourth-order valence-electron chi connectivity index (χ4n) is 2.27. The smallest absolute Gasteiger partial charge is 0.229 e. The van der Waals surface area contributed by atoms with E-state index in [0.29, 0.717) is 5.75 Å². The maximum Gasteiger partial charge on any atom is 0.229 e. The molecule has 2 aromatic rings. The predicted octanol–water partition coefficient (Wildman–Crippen LogP) is 3.13. The fourth-order valence-corrected chi connectivity index (χ4v) is 3.05. The summed E-state index contributed by atoms with van der Waals surface area (Å²) in [5.41, 5.74) is 7.49. The van der Waals surface area contributed by atoms with Crippen molar-refractivity contribution < 1.29 is 9.59 Å². The molecule has 0 spiro atoms. The summed E-state index contributed by atoms with van der Waals surface area (Å²) in [6, 6.07) is 17.8. The minimum atomic E-state index is -0.0524. The molecule has 2 aromatic carbocycles. The molecule has 1 heterocycles. The van der Waals surface area contributed by atoms with Gasteiger partial charge in [0.2, 0.25) is 11.8 Å². The van der Waals surface area contributed by atoms with E-state index in [1.165, 1.54) is 14.0 Å². The van der Waals surface area contributed by atoms with Gasteiger partial charge in [-0.2, -0.15) is 11.8 Å². The van der Waals surface area contributed by atoms with E-state index in [-0.39, 0.29) is 11.8 Å². The number of nitrogens with two attached hydrogens (primary N) is 1. The highest BCUT2D eigenvalue weighted by Gasteiger charge is 2.05. The third-order valence-electron chi connectivity index (χ3n) is 3.34. The van der Waals surface area contributed by atoms with Crippen LogP contribution in [0.1, 0.15) is 13.3 Å². The van der Waals surface area contributed by atoms with Gasteiger partial charge in [-0.1, -0.05) is 48.5 Å². The zero-order chi connectivity index (χ0) is 19.2. The third kappa shape index (κ3) is 8.18. The van der Waals surface area contributed by atoms with Crippen LogP contribution in [0.4, 0.5) is 5.69 Å². The van der Waals surface area contributed by atoms with Crippen LogP contribution in [0.5, 0.6) is 0 Å². The van der Waals surface area contributed by atoms with Crippen LogP contribution in [0.3, 0.4) is 0 Å². The summed E-state index contributed by atoms with van der Waals surface area (Å²) >= 11 is 1.71. The molecule has 0 unspecified atom stereocenters. The van der Waals surface area contributed by atoms with Crippen molar-refractivity contribution in [2.75, 3.05) is 30.4 Å². The molecule has 0 bridgehead atoms.